The van der Waals surface area contributed by atoms with Gasteiger partial charge >= 0.3 is 0 Å². The Kier molecular flexibility index (Phi) is 41.1. The first kappa shape index (κ1) is 97.3. The van der Waals surface area contributed by atoms with Gasteiger partial charge in [0.1, 0.15) is 0 Å². The van der Waals surface area contributed by atoms with Crippen molar-refractivity contribution in [3.05, 3.63) is 290 Å². The van der Waals surface area contributed by atoms with Gasteiger partial charge in [0, 0.05) is 119 Å². The summed E-state index contributed by atoms with van der Waals surface area (Å²) in [5, 5.41) is 56.9. The van der Waals surface area contributed by atoms with Crippen molar-refractivity contribution in [2.45, 2.75) is 180 Å². The zero-order valence-corrected chi connectivity index (χ0v) is 75.7. The number of nitrogens with zero attached hydrogens (tertiary/aromatic N) is 6. The summed E-state index contributed by atoms with van der Waals surface area (Å²) in [6.07, 6.45) is 5.44. The van der Waals surface area contributed by atoms with E-state index in [9.17, 15) is 25.5 Å². The van der Waals surface area contributed by atoms with Gasteiger partial charge in [-0.2, -0.15) is 0 Å². The van der Waals surface area contributed by atoms with Crippen molar-refractivity contribution >= 4 is 0 Å². The third-order valence-corrected chi connectivity index (χ3v) is 19.2. The summed E-state index contributed by atoms with van der Waals surface area (Å²) in [5.41, 5.74) is 20.3. The van der Waals surface area contributed by atoms with Crippen LogP contribution in [0.5, 0.6) is 0 Å². The predicted molar refractivity (Wildman–Crippen MR) is 454 cm³/mol. The summed E-state index contributed by atoms with van der Waals surface area (Å²) < 4.78 is 0. The quantitative estimate of drug-likeness (QED) is 0.0420. The second-order valence-electron chi connectivity index (χ2n) is 31.7. The van der Waals surface area contributed by atoms with E-state index in [4.69, 9.17) is 35.0 Å². The topological polar surface area (TPSA) is 199 Å². The number of benzene rings is 9. The van der Waals surface area contributed by atoms with Gasteiger partial charge in [-0.15, -0.1) is 108 Å². The first-order valence-corrected chi connectivity index (χ1v) is 38.3. The fourth-order valence-corrected chi connectivity index (χ4v) is 11.0. The number of aryl methyl sites for hydroxylation is 3. The molecule has 12 aromatic rings. The van der Waals surface area contributed by atoms with Crippen molar-refractivity contribution in [2.24, 2.45) is 28.1 Å². The number of rotatable bonds is 19. The normalized spacial score (nSPS) is 12.6. The first-order valence-electron chi connectivity index (χ1n) is 38.3. The number of hydrogen-bond acceptors (Lipinski definition) is 12. The van der Waals surface area contributed by atoms with Crippen LogP contribution < -0.4 is 0 Å². The van der Waals surface area contributed by atoms with Gasteiger partial charge in [0.05, 0.1) is 70.8 Å². The van der Waals surface area contributed by atoms with E-state index in [1.54, 1.807) is 6.92 Å². The molecule has 9 aromatic carbocycles. The van der Waals surface area contributed by atoms with Crippen LogP contribution in [0.15, 0.2) is 255 Å². The van der Waals surface area contributed by atoms with E-state index in [1.165, 1.54) is 16.7 Å². The molecule has 12 rings (SSSR count). The zero-order valence-electron chi connectivity index (χ0n) is 68.6. The van der Waals surface area contributed by atoms with Crippen molar-refractivity contribution in [2.75, 3.05) is 0 Å². The number of aromatic nitrogens is 6. The largest absolute Gasteiger partial charge is 0.393 e. The number of hydrogen-bond donors (Lipinski definition) is 6. The van der Waals surface area contributed by atoms with Crippen molar-refractivity contribution in [1.29, 1.82) is 0 Å². The van der Waals surface area contributed by atoms with Crippen molar-refractivity contribution in [3.63, 3.8) is 0 Å². The molecule has 0 aliphatic heterocycles. The molecule has 3 radical (unpaired) electrons. The van der Waals surface area contributed by atoms with E-state index >= 15 is 0 Å². The third kappa shape index (κ3) is 31.2. The summed E-state index contributed by atoms with van der Waals surface area (Å²) >= 11 is 0. The molecule has 6 N–H and O–H groups in total. The average Bonchev–Trinajstić information content (AvgIpc) is 0.805. The smallest absolute Gasteiger partial charge is 0.0873 e. The van der Waals surface area contributed by atoms with Gasteiger partial charge in [-0.3, -0.25) is 15.0 Å². The van der Waals surface area contributed by atoms with E-state index in [0.29, 0.717) is 19.3 Å². The fraction of sp³-hybridized carbons (Fsp3) is 0.327. The number of aliphatic hydroxyl groups excluding tert-OH is 6. The van der Waals surface area contributed by atoms with Crippen molar-refractivity contribution in [1.82, 2.24) is 29.9 Å². The van der Waals surface area contributed by atoms with Crippen LogP contribution in [0.1, 0.15) is 139 Å². The average molecular weight is 2050 g/mol. The van der Waals surface area contributed by atoms with Crippen molar-refractivity contribution in [3.8, 4) is 101 Å². The molecular formula is C98H115Ir3N6O6-3. The molecule has 0 saturated carbocycles. The maximum Gasteiger partial charge on any atom is 0.0873 e. The molecule has 12 nitrogen and oxygen atoms in total. The monoisotopic (exact) mass is 2050 g/mol. The Labute approximate surface area is 714 Å². The van der Waals surface area contributed by atoms with Crippen LogP contribution in [-0.4, -0.2) is 97.2 Å². The van der Waals surface area contributed by atoms with E-state index in [-0.39, 0.29) is 101 Å². The maximum atomic E-state index is 9.95. The second-order valence-corrected chi connectivity index (χ2v) is 31.7. The zero-order chi connectivity index (χ0) is 80.1. The molecule has 6 unspecified atom stereocenters. The van der Waals surface area contributed by atoms with Gasteiger partial charge in [-0.05, 0) is 91.7 Å². The Morgan fingerprint density at radius 2 is 0.575 bits per heavy atom. The molecule has 3 heterocycles. The van der Waals surface area contributed by atoms with Crippen LogP contribution in [-0.2, 0) is 60.3 Å². The predicted octanol–water partition coefficient (Wildman–Crippen LogP) is 21.9. The first-order chi connectivity index (χ1) is 52.3. The molecule has 0 spiro atoms. The van der Waals surface area contributed by atoms with Crippen LogP contribution in [0.4, 0.5) is 0 Å². The summed E-state index contributed by atoms with van der Waals surface area (Å²) in [7, 11) is 0. The standard InChI is InChI=1S/3C23H17N2.C12H26O2.C9H20O2.C8H18O2.3Ir/c3*1-17-12-14-18(15-13-17)21-16-24-22(19-8-4-2-5-9-19)23(25-21)20-10-6-3-7-11-20;1-7-12(5,6)10(14)8-9(13)11(2,3)4;1-6(2)8(10)5-9(11)7(3)4;1-6(9)5-7(10)8(2,3)4;;;/h3*2-8,10-16H,1H3;9-10,13-14H,7-8H2,1-6H3;6-11H,5H2,1-4H3;6-7,9-10H,5H2,1-4H3;;;/q3*-1;;;;;;. The van der Waals surface area contributed by atoms with Crippen molar-refractivity contribution < 1.29 is 91.0 Å². The van der Waals surface area contributed by atoms with Gasteiger partial charge < -0.3 is 45.6 Å². The van der Waals surface area contributed by atoms with E-state index in [1.807, 2.05) is 229 Å². The molecule has 3 aromatic heterocycles. The summed E-state index contributed by atoms with van der Waals surface area (Å²) in [4.78, 5) is 29.0. The molecule has 6 atom stereocenters. The Morgan fingerprint density at radius 3 is 0.796 bits per heavy atom. The van der Waals surface area contributed by atoms with Crippen LogP contribution in [0.3, 0.4) is 0 Å². The molecule has 0 bridgehead atoms. The van der Waals surface area contributed by atoms with Gasteiger partial charge in [0.25, 0.3) is 0 Å². The Bertz CT molecular complexity index is 4220. The maximum absolute atomic E-state index is 9.95. The minimum absolute atomic E-state index is 0. The molecule has 0 fully saturated rings. The van der Waals surface area contributed by atoms with E-state index in [2.05, 4.69) is 155 Å². The molecule has 15 heteroatoms. The summed E-state index contributed by atoms with van der Waals surface area (Å²) in [5.74, 6) is 0.479. The summed E-state index contributed by atoms with van der Waals surface area (Å²) in [6, 6.07) is 89.0. The fourth-order valence-electron chi connectivity index (χ4n) is 11.0. The van der Waals surface area contributed by atoms with E-state index < -0.39 is 24.4 Å². The Balaban J connectivity index is 0.000000295. The Morgan fingerprint density at radius 1 is 0.310 bits per heavy atom. The minimum atomic E-state index is -0.441. The van der Waals surface area contributed by atoms with Gasteiger partial charge in [0.2, 0.25) is 0 Å². The SMILES string of the molecule is CC(C)C(O)CC(O)C(C)C.CC(O)CC(O)C(C)(C)C.CCC(C)(C)C(O)CC(O)C(C)(C)C.Cc1ccc(-c2cnc(-c3[c-]cccc3)c(-c3ccccc3)n2)cc1.Cc1ccc(-c2cnc(-c3[c-]cccc3)c(-c3ccccc3)n2)cc1.Cc1ccc(-c2cnc(-c3[c-]cccc3)c(-c3ccccc3)n2)cc1.[Ir].[Ir].[Ir]. The Hall–Kier alpha value is -8.07. The minimum Gasteiger partial charge on any atom is -0.393 e. The van der Waals surface area contributed by atoms with Gasteiger partial charge in [0.15, 0.2) is 0 Å². The molecule has 0 aliphatic carbocycles. The molecule has 0 aliphatic rings. The van der Waals surface area contributed by atoms with Gasteiger partial charge in [-0.1, -0.05) is 270 Å². The van der Waals surface area contributed by atoms with Crippen LogP contribution in [0.2, 0.25) is 0 Å². The summed E-state index contributed by atoms with van der Waals surface area (Å²) in [6.45, 7) is 33.7. The molecular weight excluding hydrogens is 1930 g/mol. The molecule has 0 saturated heterocycles. The molecule has 113 heavy (non-hydrogen) atoms. The van der Waals surface area contributed by atoms with Crippen LogP contribution in [0, 0.1) is 67.1 Å². The molecule has 0 amide bonds. The van der Waals surface area contributed by atoms with Crippen LogP contribution >= 0.6 is 0 Å². The third-order valence-electron chi connectivity index (χ3n) is 19.2. The number of aliphatic hydroxyl groups is 6. The van der Waals surface area contributed by atoms with E-state index in [0.717, 1.165) is 108 Å². The second kappa shape index (κ2) is 47.7. The van der Waals surface area contributed by atoms with Gasteiger partial charge in [-0.25, -0.2) is 0 Å². The van der Waals surface area contributed by atoms with Crippen LogP contribution in [0.25, 0.3) is 101 Å². The molecule has 603 valence electrons.